The topological polar surface area (TPSA) is 45.5 Å². The van der Waals surface area contributed by atoms with Crippen molar-refractivity contribution < 1.29 is 9.21 Å². The van der Waals surface area contributed by atoms with E-state index in [1.807, 2.05) is 36.1 Å². The molecule has 1 N–H and O–H groups in total. The second-order valence-electron chi connectivity index (χ2n) is 6.23. The van der Waals surface area contributed by atoms with E-state index >= 15 is 0 Å². The van der Waals surface area contributed by atoms with Crippen molar-refractivity contribution in [1.29, 1.82) is 0 Å². The number of fused-ring (bicyclic) bond motifs is 3. The van der Waals surface area contributed by atoms with Crippen LogP contribution >= 0.6 is 0 Å². The van der Waals surface area contributed by atoms with Gasteiger partial charge in [0.15, 0.2) is 5.76 Å². The molecule has 2 aliphatic heterocycles. The largest absolute Gasteiger partial charge is 0.451 e. The molecule has 21 heavy (non-hydrogen) atoms. The number of carbonyl (C=O) groups is 1. The number of amides is 1. The summed E-state index contributed by atoms with van der Waals surface area (Å²) in [6, 6.07) is 8.89. The molecular formula is C17H20N2O2. The van der Waals surface area contributed by atoms with E-state index in [9.17, 15) is 4.79 Å². The minimum atomic E-state index is 0.0399. The number of benzene rings is 1. The predicted molar refractivity (Wildman–Crippen MR) is 81.4 cm³/mol. The highest BCUT2D eigenvalue weighted by molar-refractivity contribution is 5.98. The average molecular weight is 284 g/mol. The first kappa shape index (κ1) is 12.9. The molecule has 2 aromatic rings. The molecule has 4 heteroatoms. The Balaban J connectivity index is 1.65. The summed E-state index contributed by atoms with van der Waals surface area (Å²) in [6.07, 6.45) is 3.46. The van der Waals surface area contributed by atoms with Gasteiger partial charge in [-0.2, -0.15) is 0 Å². The van der Waals surface area contributed by atoms with Crippen LogP contribution in [0.2, 0.25) is 0 Å². The van der Waals surface area contributed by atoms with Crippen molar-refractivity contribution in [3.63, 3.8) is 0 Å². The second kappa shape index (κ2) is 4.88. The van der Waals surface area contributed by atoms with Crippen LogP contribution in [0, 0.1) is 6.92 Å². The number of hydrogen-bond donors (Lipinski definition) is 1. The fourth-order valence-electron chi connectivity index (χ4n) is 3.65. The van der Waals surface area contributed by atoms with Gasteiger partial charge < -0.3 is 14.6 Å². The Morgan fingerprint density at radius 2 is 2.05 bits per heavy atom. The number of nitrogens with one attached hydrogen (secondary N) is 1. The Morgan fingerprint density at radius 1 is 1.24 bits per heavy atom. The monoisotopic (exact) mass is 284 g/mol. The lowest BCUT2D eigenvalue weighted by Crippen LogP contribution is -2.39. The predicted octanol–water partition coefficient (Wildman–Crippen LogP) is 2.71. The molecule has 0 saturated carbocycles. The number of nitrogens with zero attached hydrogens (tertiary/aromatic N) is 1. The lowest BCUT2D eigenvalue weighted by atomic mass is 10.1. The summed E-state index contributed by atoms with van der Waals surface area (Å²) >= 11 is 0. The van der Waals surface area contributed by atoms with Crippen molar-refractivity contribution >= 4 is 16.9 Å². The molecule has 1 amide bonds. The molecule has 1 aromatic carbocycles. The zero-order valence-corrected chi connectivity index (χ0v) is 12.3. The van der Waals surface area contributed by atoms with Crippen molar-refractivity contribution in [2.75, 3.05) is 13.1 Å². The summed E-state index contributed by atoms with van der Waals surface area (Å²) in [5.74, 6) is 0.548. The van der Waals surface area contributed by atoms with Gasteiger partial charge in [-0.05, 0) is 32.3 Å². The molecule has 4 rings (SSSR count). The zero-order valence-electron chi connectivity index (χ0n) is 12.3. The smallest absolute Gasteiger partial charge is 0.289 e. The van der Waals surface area contributed by atoms with Gasteiger partial charge in [0, 0.05) is 36.1 Å². The SMILES string of the molecule is Cc1c(C(=O)N2CCC3CCC(C2)N3)oc2ccccc12. The van der Waals surface area contributed by atoms with E-state index in [-0.39, 0.29) is 5.91 Å². The van der Waals surface area contributed by atoms with Crippen molar-refractivity contribution in [3.8, 4) is 0 Å². The molecule has 2 unspecified atom stereocenters. The van der Waals surface area contributed by atoms with Crippen LogP contribution in [0.4, 0.5) is 0 Å². The van der Waals surface area contributed by atoms with Crippen molar-refractivity contribution in [1.82, 2.24) is 10.2 Å². The number of furan rings is 1. The summed E-state index contributed by atoms with van der Waals surface area (Å²) in [4.78, 5) is 14.8. The lowest BCUT2D eigenvalue weighted by Gasteiger charge is -2.23. The Hall–Kier alpha value is -1.81. The molecule has 0 spiro atoms. The fraction of sp³-hybridized carbons (Fsp3) is 0.471. The van der Waals surface area contributed by atoms with Crippen LogP contribution in [0.5, 0.6) is 0 Å². The molecule has 2 aliphatic rings. The maximum Gasteiger partial charge on any atom is 0.289 e. The van der Waals surface area contributed by atoms with Crippen LogP contribution in [0.15, 0.2) is 28.7 Å². The summed E-state index contributed by atoms with van der Waals surface area (Å²) in [6.45, 7) is 3.59. The van der Waals surface area contributed by atoms with Crippen LogP contribution in [0.1, 0.15) is 35.4 Å². The molecular weight excluding hydrogens is 264 g/mol. The summed E-state index contributed by atoms with van der Waals surface area (Å²) in [5, 5.41) is 4.64. The molecule has 3 heterocycles. The number of carbonyl (C=O) groups excluding carboxylic acids is 1. The Morgan fingerprint density at radius 3 is 2.90 bits per heavy atom. The van der Waals surface area contributed by atoms with Gasteiger partial charge in [-0.25, -0.2) is 0 Å². The number of rotatable bonds is 1. The summed E-state index contributed by atoms with van der Waals surface area (Å²) in [7, 11) is 0. The highest BCUT2D eigenvalue weighted by Crippen LogP contribution is 2.27. The first-order valence-electron chi connectivity index (χ1n) is 7.76. The van der Waals surface area contributed by atoms with E-state index in [2.05, 4.69) is 5.32 Å². The summed E-state index contributed by atoms with van der Waals surface area (Å²) < 4.78 is 5.82. The van der Waals surface area contributed by atoms with Gasteiger partial charge in [0.2, 0.25) is 0 Å². The van der Waals surface area contributed by atoms with Gasteiger partial charge in [0.1, 0.15) is 5.58 Å². The van der Waals surface area contributed by atoms with Crippen LogP contribution in [0.25, 0.3) is 11.0 Å². The third-order valence-corrected chi connectivity index (χ3v) is 4.85. The van der Waals surface area contributed by atoms with E-state index in [4.69, 9.17) is 4.42 Å². The molecule has 0 radical (unpaired) electrons. The molecule has 2 bridgehead atoms. The lowest BCUT2D eigenvalue weighted by molar-refractivity contribution is 0.0717. The number of para-hydroxylation sites is 1. The second-order valence-corrected chi connectivity index (χ2v) is 6.23. The molecule has 2 saturated heterocycles. The quantitative estimate of drug-likeness (QED) is 0.875. The van der Waals surface area contributed by atoms with Crippen molar-refractivity contribution in [2.24, 2.45) is 0 Å². The van der Waals surface area contributed by atoms with E-state index in [1.54, 1.807) is 0 Å². The molecule has 1 aromatic heterocycles. The fourth-order valence-corrected chi connectivity index (χ4v) is 3.65. The van der Waals surface area contributed by atoms with Crippen molar-refractivity contribution in [3.05, 3.63) is 35.6 Å². The van der Waals surface area contributed by atoms with E-state index in [0.717, 1.165) is 36.0 Å². The highest BCUT2D eigenvalue weighted by atomic mass is 16.3. The molecule has 0 aliphatic carbocycles. The van der Waals surface area contributed by atoms with Crippen LogP contribution in [-0.4, -0.2) is 36.0 Å². The first-order chi connectivity index (χ1) is 10.2. The number of aryl methyl sites for hydroxylation is 1. The van der Waals surface area contributed by atoms with Gasteiger partial charge in [-0.3, -0.25) is 4.79 Å². The number of likely N-dealkylation sites (tertiary alicyclic amines) is 1. The Labute approximate surface area is 124 Å². The Kier molecular flexibility index (Phi) is 3.00. The van der Waals surface area contributed by atoms with Crippen molar-refractivity contribution in [2.45, 2.75) is 38.3 Å². The third kappa shape index (κ3) is 2.14. The maximum absolute atomic E-state index is 12.8. The Bertz CT molecular complexity index is 691. The first-order valence-corrected chi connectivity index (χ1v) is 7.76. The van der Waals surface area contributed by atoms with Crippen LogP contribution in [-0.2, 0) is 0 Å². The van der Waals surface area contributed by atoms with Crippen LogP contribution in [0.3, 0.4) is 0 Å². The molecule has 2 fully saturated rings. The third-order valence-electron chi connectivity index (χ3n) is 4.85. The highest BCUT2D eigenvalue weighted by Gasteiger charge is 2.33. The molecule has 2 atom stereocenters. The minimum absolute atomic E-state index is 0.0399. The standard InChI is InChI=1S/C17H20N2O2/c1-11-14-4-2-3-5-15(14)21-16(11)17(20)19-9-8-12-6-7-13(10-19)18-12/h2-5,12-13,18H,6-10H2,1H3. The minimum Gasteiger partial charge on any atom is -0.451 e. The molecule has 4 nitrogen and oxygen atoms in total. The molecule has 110 valence electrons. The van der Waals surface area contributed by atoms with Gasteiger partial charge >= 0.3 is 0 Å². The van der Waals surface area contributed by atoms with Crippen LogP contribution < -0.4 is 5.32 Å². The van der Waals surface area contributed by atoms with E-state index in [1.165, 1.54) is 12.8 Å². The number of hydrogen-bond acceptors (Lipinski definition) is 3. The van der Waals surface area contributed by atoms with Gasteiger partial charge in [-0.1, -0.05) is 18.2 Å². The van der Waals surface area contributed by atoms with Gasteiger partial charge in [0.25, 0.3) is 5.91 Å². The van der Waals surface area contributed by atoms with Gasteiger partial charge in [-0.15, -0.1) is 0 Å². The maximum atomic E-state index is 12.8. The van der Waals surface area contributed by atoms with E-state index in [0.29, 0.717) is 17.8 Å². The summed E-state index contributed by atoms with van der Waals surface area (Å²) in [5.41, 5.74) is 1.76. The zero-order chi connectivity index (χ0) is 14.4. The van der Waals surface area contributed by atoms with Gasteiger partial charge in [0.05, 0.1) is 0 Å². The van der Waals surface area contributed by atoms with E-state index < -0.39 is 0 Å². The average Bonchev–Trinajstić information content (AvgIpc) is 2.99. The normalized spacial score (nSPS) is 25.3.